The van der Waals surface area contributed by atoms with Crippen molar-refractivity contribution in [3.63, 3.8) is 0 Å². The van der Waals surface area contributed by atoms with Crippen LogP contribution in [0.5, 0.6) is 5.88 Å². The highest BCUT2D eigenvalue weighted by molar-refractivity contribution is 5.85. The van der Waals surface area contributed by atoms with Gasteiger partial charge in [-0.2, -0.15) is 9.97 Å². The van der Waals surface area contributed by atoms with Gasteiger partial charge in [-0.15, -0.1) is 5.10 Å². The van der Waals surface area contributed by atoms with Crippen LogP contribution < -0.4 is 9.64 Å². The number of ether oxygens (including phenoxy) is 2. The van der Waals surface area contributed by atoms with Gasteiger partial charge in [0.15, 0.2) is 17.0 Å². The Morgan fingerprint density at radius 3 is 2.55 bits per heavy atom. The van der Waals surface area contributed by atoms with Gasteiger partial charge in [0.1, 0.15) is 5.82 Å². The third-order valence-corrected chi connectivity index (χ3v) is 6.33. The molecule has 0 bridgehead atoms. The van der Waals surface area contributed by atoms with E-state index in [1.54, 1.807) is 11.8 Å². The number of rotatable bonds is 6. The van der Waals surface area contributed by atoms with E-state index in [9.17, 15) is 0 Å². The van der Waals surface area contributed by atoms with E-state index in [1.807, 2.05) is 36.5 Å². The summed E-state index contributed by atoms with van der Waals surface area (Å²) in [4.78, 5) is 17.2. The Morgan fingerprint density at radius 2 is 1.85 bits per heavy atom. The normalized spacial score (nSPS) is 16.5. The van der Waals surface area contributed by atoms with Crippen LogP contribution in [0.2, 0.25) is 0 Å². The predicted molar refractivity (Wildman–Crippen MR) is 125 cm³/mol. The number of aromatic nitrogens is 6. The van der Waals surface area contributed by atoms with Crippen molar-refractivity contribution in [2.24, 2.45) is 0 Å². The maximum absolute atomic E-state index is 5.59. The van der Waals surface area contributed by atoms with Crippen LogP contribution in [0.4, 0.5) is 5.82 Å². The molecule has 3 aromatic heterocycles. The van der Waals surface area contributed by atoms with Crippen LogP contribution in [-0.4, -0.2) is 62.7 Å². The lowest BCUT2D eigenvalue weighted by molar-refractivity contribution is 0.122. The number of hydrogen-bond donors (Lipinski definition) is 0. The lowest BCUT2D eigenvalue weighted by Gasteiger charge is -2.28. The highest BCUT2D eigenvalue weighted by Gasteiger charge is 2.32. The number of anilines is 1. The van der Waals surface area contributed by atoms with Crippen molar-refractivity contribution in [3.8, 4) is 23.0 Å². The molecule has 1 aliphatic heterocycles. The summed E-state index contributed by atoms with van der Waals surface area (Å²) in [6, 6.07) is 10.1. The summed E-state index contributed by atoms with van der Waals surface area (Å²) in [7, 11) is 1.64. The molecule has 9 nitrogen and oxygen atoms in total. The number of morpholine rings is 1. The third kappa shape index (κ3) is 3.52. The molecule has 2 fully saturated rings. The molecule has 1 saturated carbocycles. The summed E-state index contributed by atoms with van der Waals surface area (Å²) in [6.07, 6.45) is 4.31. The fourth-order valence-corrected chi connectivity index (χ4v) is 4.48. The van der Waals surface area contributed by atoms with Crippen molar-refractivity contribution >= 4 is 17.0 Å². The van der Waals surface area contributed by atoms with Gasteiger partial charge < -0.3 is 18.9 Å². The molecule has 9 heteroatoms. The molecule has 1 aromatic carbocycles. The Kier molecular flexibility index (Phi) is 4.98. The smallest absolute Gasteiger partial charge is 0.254 e. The first-order valence-electron chi connectivity index (χ1n) is 11.6. The number of benzene rings is 1. The van der Waals surface area contributed by atoms with Gasteiger partial charge in [-0.1, -0.05) is 30.3 Å². The Hall–Kier alpha value is -3.46. The molecule has 2 aliphatic rings. The van der Waals surface area contributed by atoms with Gasteiger partial charge in [0.2, 0.25) is 5.88 Å². The number of aryl methyl sites for hydroxylation is 1. The number of fused-ring (bicyclic) bond motifs is 1. The Bertz CT molecular complexity index is 1290. The monoisotopic (exact) mass is 445 g/mol. The zero-order chi connectivity index (χ0) is 22.4. The van der Waals surface area contributed by atoms with Crippen LogP contribution in [0.15, 0.2) is 36.5 Å². The second-order valence-corrected chi connectivity index (χ2v) is 8.47. The summed E-state index contributed by atoms with van der Waals surface area (Å²) >= 11 is 0. The van der Waals surface area contributed by atoms with Crippen LogP contribution >= 0.6 is 0 Å². The molecule has 6 rings (SSSR count). The molecule has 0 atom stereocenters. The number of nitrogens with zero attached hydrogens (tertiary/aromatic N) is 7. The lowest BCUT2D eigenvalue weighted by atomic mass is 10.1. The van der Waals surface area contributed by atoms with Gasteiger partial charge in [-0.25, -0.2) is 9.67 Å². The summed E-state index contributed by atoms with van der Waals surface area (Å²) in [5, 5.41) is 4.67. The maximum Gasteiger partial charge on any atom is 0.254 e. The van der Waals surface area contributed by atoms with Gasteiger partial charge in [0.25, 0.3) is 5.95 Å². The molecule has 33 heavy (non-hydrogen) atoms. The lowest BCUT2D eigenvalue weighted by Crippen LogP contribution is -2.37. The number of imidazole rings is 1. The van der Waals surface area contributed by atoms with E-state index in [0.717, 1.165) is 53.6 Å². The van der Waals surface area contributed by atoms with E-state index in [-0.39, 0.29) is 0 Å². The zero-order valence-electron chi connectivity index (χ0n) is 18.9. The number of hydrogen-bond acceptors (Lipinski definition) is 7. The van der Waals surface area contributed by atoms with Gasteiger partial charge in [0.05, 0.1) is 25.9 Å². The van der Waals surface area contributed by atoms with Crippen molar-refractivity contribution in [1.29, 1.82) is 0 Å². The van der Waals surface area contributed by atoms with Crippen molar-refractivity contribution in [1.82, 2.24) is 29.3 Å². The predicted octanol–water partition coefficient (Wildman–Crippen LogP) is 3.42. The summed E-state index contributed by atoms with van der Waals surface area (Å²) in [5.41, 5.74) is 3.66. The topological polar surface area (TPSA) is 83.1 Å². The molecule has 0 spiro atoms. The molecule has 0 amide bonds. The Morgan fingerprint density at radius 1 is 1.06 bits per heavy atom. The SMILES string of the molecule is CCn1c(C2CC2)nc2c(N3CCOCC3)nc(-n3cc(-c4ccccc4)c(OC)n3)nc21. The zero-order valence-corrected chi connectivity index (χ0v) is 18.9. The minimum atomic E-state index is 0.515. The minimum Gasteiger partial charge on any atom is -0.479 e. The van der Waals surface area contributed by atoms with Crippen molar-refractivity contribution in [2.75, 3.05) is 38.3 Å². The van der Waals surface area contributed by atoms with E-state index in [1.165, 1.54) is 12.8 Å². The van der Waals surface area contributed by atoms with Crippen LogP contribution in [-0.2, 0) is 11.3 Å². The summed E-state index contributed by atoms with van der Waals surface area (Å²) < 4.78 is 15.1. The van der Waals surface area contributed by atoms with E-state index < -0.39 is 0 Å². The molecule has 0 radical (unpaired) electrons. The Balaban J connectivity index is 1.54. The fraction of sp³-hybridized carbons (Fsp3) is 0.417. The van der Waals surface area contributed by atoms with Crippen molar-refractivity contribution in [3.05, 3.63) is 42.4 Å². The van der Waals surface area contributed by atoms with E-state index in [2.05, 4.69) is 21.5 Å². The van der Waals surface area contributed by atoms with Crippen LogP contribution in [0, 0.1) is 0 Å². The van der Waals surface area contributed by atoms with Crippen LogP contribution in [0.1, 0.15) is 31.5 Å². The first-order chi connectivity index (χ1) is 16.3. The van der Waals surface area contributed by atoms with Crippen molar-refractivity contribution < 1.29 is 9.47 Å². The van der Waals surface area contributed by atoms with E-state index in [0.29, 0.717) is 31.0 Å². The van der Waals surface area contributed by atoms with Gasteiger partial charge >= 0.3 is 0 Å². The second-order valence-electron chi connectivity index (χ2n) is 8.47. The highest BCUT2D eigenvalue weighted by Crippen LogP contribution is 2.41. The molecule has 1 saturated heterocycles. The molecule has 0 unspecified atom stereocenters. The minimum absolute atomic E-state index is 0.515. The molecule has 0 N–H and O–H groups in total. The number of methoxy groups -OCH3 is 1. The van der Waals surface area contributed by atoms with Gasteiger partial charge in [-0.05, 0) is 25.3 Å². The quantitative estimate of drug-likeness (QED) is 0.450. The van der Waals surface area contributed by atoms with E-state index >= 15 is 0 Å². The van der Waals surface area contributed by atoms with Gasteiger partial charge in [0, 0.05) is 31.7 Å². The Labute approximate surface area is 192 Å². The van der Waals surface area contributed by atoms with Crippen LogP contribution in [0.3, 0.4) is 0 Å². The maximum atomic E-state index is 5.59. The van der Waals surface area contributed by atoms with Gasteiger partial charge in [-0.3, -0.25) is 0 Å². The largest absolute Gasteiger partial charge is 0.479 e. The van der Waals surface area contributed by atoms with Crippen LogP contribution in [0.25, 0.3) is 28.2 Å². The second kappa shape index (κ2) is 8.15. The molecular formula is C24H27N7O2. The standard InChI is InChI=1S/C24H27N7O2/c1-3-30-20(17-9-10-17)25-19-21(29-11-13-33-14-12-29)26-24(27-22(19)30)31-15-18(23(28-31)32-2)16-7-5-4-6-8-16/h4-8,15,17H,3,9-14H2,1-2H3. The molecule has 170 valence electrons. The molecular weight excluding hydrogens is 418 g/mol. The first kappa shape index (κ1) is 20.2. The summed E-state index contributed by atoms with van der Waals surface area (Å²) in [5.74, 6) is 3.55. The molecule has 4 heterocycles. The first-order valence-corrected chi connectivity index (χ1v) is 11.6. The van der Waals surface area contributed by atoms with E-state index in [4.69, 9.17) is 24.4 Å². The molecule has 4 aromatic rings. The highest BCUT2D eigenvalue weighted by atomic mass is 16.5. The third-order valence-electron chi connectivity index (χ3n) is 6.33. The fourth-order valence-electron chi connectivity index (χ4n) is 4.48. The summed E-state index contributed by atoms with van der Waals surface area (Å²) in [6.45, 7) is 5.88. The average molecular weight is 446 g/mol. The molecule has 1 aliphatic carbocycles. The average Bonchev–Trinajstić information content (AvgIpc) is 3.51. The van der Waals surface area contributed by atoms with Crippen molar-refractivity contribution in [2.45, 2.75) is 32.2 Å².